The third-order valence-corrected chi connectivity index (χ3v) is 3.48. The van der Waals surface area contributed by atoms with Crippen LogP contribution < -0.4 is 10.6 Å². The van der Waals surface area contributed by atoms with Gasteiger partial charge in [-0.05, 0) is 33.6 Å². The maximum atomic E-state index is 8.79. The quantitative estimate of drug-likeness (QED) is 0.878. The number of nitrogen functional groups attached to an aromatic ring is 1. The lowest BCUT2D eigenvalue weighted by Gasteiger charge is -2.29. The molecule has 0 unspecified atom stereocenters. The molecular formula is C14H21N5. The van der Waals surface area contributed by atoms with Gasteiger partial charge in [0.25, 0.3) is 0 Å². The van der Waals surface area contributed by atoms with Crippen molar-refractivity contribution < 1.29 is 0 Å². The van der Waals surface area contributed by atoms with Gasteiger partial charge in [0.05, 0.1) is 12.5 Å². The molecule has 0 saturated heterocycles. The molecule has 1 saturated carbocycles. The van der Waals surface area contributed by atoms with Gasteiger partial charge in [-0.2, -0.15) is 5.26 Å². The van der Waals surface area contributed by atoms with Crippen LogP contribution in [-0.2, 0) is 0 Å². The van der Waals surface area contributed by atoms with Crippen molar-refractivity contribution >= 4 is 11.6 Å². The Hall–Kier alpha value is -1.83. The molecule has 5 heteroatoms. The van der Waals surface area contributed by atoms with E-state index < -0.39 is 0 Å². The number of rotatable bonds is 5. The van der Waals surface area contributed by atoms with Crippen molar-refractivity contribution in [1.82, 2.24) is 9.97 Å². The first-order valence-corrected chi connectivity index (χ1v) is 6.82. The van der Waals surface area contributed by atoms with E-state index in [9.17, 15) is 0 Å². The molecule has 1 aromatic heterocycles. The number of nitriles is 1. The van der Waals surface area contributed by atoms with Gasteiger partial charge in [0, 0.05) is 24.1 Å². The highest BCUT2D eigenvalue weighted by molar-refractivity contribution is 5.57. The van der Waals surface area contributed by atoms with Gasteiger partial charge in [-0.1, -0.05) is 0 Å². The van der Waals surface area contributed by atoms with Crippen molar-refractivity contribution in [1.29, 1.82) is 5.26 Å². The maximum Gasteiger partial charge on any atom is 0.137 e. The summed E-state index contributed by atoms with van der Waals surface area (Å²) < 4.78 is 0. The molecule has 19 heavy (non-hydrogen) atoms. The molecule has 1 fully saturated rings. The monoisotopic (exact) mass is 259 g/mol. The highest BCUT2D eigenvalue weighted by Crippen LogP contribution is 2.39. The normalized spacial score (nSPS) is 14.5. The second-order valence-electron chi connectivity index (χ2n) is 5.39. The highest BCUT2D eigenvalue weighted by atomic mass is 15.2. The summed E-state index contributed by atoms with van der Waals surface area (Å²) in [7, 11) is 0. The molecule has 2 rings (SSSR count). The Balaban J connectivity index is 2.36. The van der Waals surface area contributed by atoms with Gasteiger partial charge in [-0.3, -0.25) is 0 Å². The molecule has 0 amide bonds. The van der Waals surface area contributed by atoms with Gasteiger partial charge in [0.15, 0.2) is 0 Å². The van der Waals surface area contributed by atoms with Crippen molar-refractivity contribution in [2.75, 3.05) is 17.2 Å². The number of aromatic nitrogens is 2. The number of anilines is 2. The Morgan fingerprint density at radius 3 is 2.63 bits per heavy atom. The summed E-state index contributed by atoms with van der Waals surface area (Å²) in [4.78, 5) is 11.2. The minimum atomic E-state index is 0.286. The van der Waals surface area contributed by atoms with Gasteiger partial charge in [-0.25, -0.2) is 9.97 Å². The lowest BCUT2D eigenvalue weighted by molar-refractivity contribution is 0.669. The van der Waals surface area contributed by atoms with Crippen LogP contribution in [-0.4, -0.2) is 22.6 Å². The third-order valence-electron chi connectivity index (χ3n) is 3.48. The Labute approximate surface area is 114 Å². The van der Waals surface area contributed by atoms with E-state index >= 15 is 0 Å². The predicted molar refractivity (Wildman–Crippen MR) is 75.9 cm³/mol. The first kappa shape index (κ1) is 13.6. The van der Waals surface area contributed by atoms with Crippen LogP contribution in [0.5, 0.6) is 0 Å². The molecular weight excluding hydrogens is 238 g/mol. The van der Waals surface area contributed by atoms with Crippen molar-refractivity contribution in [3.63, 3.8) is 0 Å². The second-order valence-corrected chi connectivity index (χ2v) is 5.39. The zero-order chi connectivity index (χ0) is 14.0. The standard InChI is InChI=1S/C14H21N5/c1-9(2)19(8-4-7-15)14-10(3)12(16)17-13(18-14)11-5-6-11/h9,11H,4-6,8H2,1-3H3,(H2,16,17,18). The fourth-order valence-electron chi connectivity index (χ4n) is 2.12. The fraction of sp³-hybridized carbons (Fsp3) is 0.643. The van der Waals surface area contributed by atoms with E-state index in [1.165, 1.54) is 0 Å². The first-order chi connectivity index (χ1) is 9.04. The molecule has 1 heterocycles. The molecule has 102 valence electrons. The number of hydrogen-bond acceptors (Lipinski definition) is 5. The van der Waals surface area contributed by atoms with Crippen LogP contribution in [0.25, 0.3) is 0 Å². The Morgan fingerprint density at radius 2 is 2.11 bits per heavy atom. The summed E-state index contributed by atoms with van der Waals surface area (Å²) in [6.45, 7) is 6.83. The molecule has 1 aromatic rings. The molecule has 0 bridgehead atoms. The summed E-state index contributed by atoms with van der Waals surface area (Å²) in [5.41, 5.74) is 6.92. The number of nitrogens with zero attached hydrogens (tertiary/aromatic N) is 4. The maximum absolute atomic E-state index is 8.79. The van der Waals surface area contributed by atoms with Gasteiger partial charge < -0.3 is 10.6 Å². The average Bonchev–Trinajstić information content (AvgIpc) is 3.18. The lowest BCUT2D eigenvalue weighted by atomic mass is 10.2. The van der Waals surface area contributed by atoms with E-state index in [-0.39, 0.29) is 6.04 Å². The van der Waals surface area contributed by atoms with Crippen LogP contribution in [0.15, 0.2) is 0 Å². The zero-order valence-corrected chi connectivity index (χ0v) is 11.8. The topological polar surface area (TPSA) is 78.8 Å². The fourth-order valence-corrected chi connectivity index (χ4v) is 2.12. The summed E-state index contributed by atoms with van der Waals surface area (Å²) in [5.74, 6) is 2.79. The van der Waals surface area contributed by atoms with Crippen LogP contribution in [0.2, 0.25) is 0 Å². The van der Waals surface area contributed by atoms with Crippen molar-refractivity contribution in [3.05, 3.63) is 11.4 Å². The molecule has 5 nitrogen and oxygen atoms in total. The highest BCUT2D eigenvalue weighted by Gasteiger charge is 2.29. The molecule has 2 N–H and O–H groups in total. The SMILES string of the molecule is Cc1c(N)nc(C2CC2)nc1N(CCC#N)C(C)C. The van der Waals surface area contributed by atoms with Gasteiger partial charge >= 0.3 is 0 Å². The molecule has 0 aromatic carbocycles. The summed E-state index contributed by atoms with van der Waals surface area (Å²) in [6.07, 6.45) is 2.80. The van der Waals surface area contributed by atoms with E-state index in [1.807, 2.05) is 6.92 Å². The number of nitrogens with two attached hydrogens (primary N) is 1. The largest absolute Gasteiger partial charge is 0.383 e. The molecule has 0 atom stereocenters. The smallest absolute Gasteiger partial charge is 0.137 e. The Bertz CT molecular complexity index is 499. The minimum Gasteiger partial charge on any atom is -0.383 e. The van der Waals surface area contributed by atoms with E-state index in [1.54, 1.807) is 0 Å². The summed E-state index contributed by atoms with van der Waals surface area (Å²) in [6, 6.07) is 2.48. The number of hydrogen-bond donors (Lipinski definition) is 1. The molecule has 0 spiro atoms. The van der Waals surface area contributed by atoms with Gasteiger partial charge in [0.2, 0.25) is 0 Å². The summed E-state index contributed by atoms with van der Waals surface area (Å²) in [5, 5.41) is 8.79. The van der Waals surface area contributed by atoms with Gasteiger partial charge in [0.1, 0.15) is 17.5 Å². The van der Waals surface area contributed by atoms with Crippen LogP contribution in [0.4, 0.5) is 11.6 Å². The third kappa shape index (κ3) is 2.95. The molecule has 0 radical (unpaired) electrons. The van der Waals surface area contributed by atoms with Crippen LogP contribution in [0.1, 0.15) is 50.4 Å². The van der Waals surface area contributed by atoms with Crippen molar-refractivity contribution in [2.45, 2.75) is 52.0 Å². The molecule has 0 aliphatic heterocycles. The average molecular weight is 259 g/mol. The molecule has 1 aliphatic carbocycles. The summed E-state index contributed by atoms with van der Waals surface area (Å²) >= 11 is 0. The van der Waals surface area contributed by atoms with E-state index in [4.69, 9.17) is 16.0 Å². The van der Waals surface area contributed by atoms with Gasteiger partial charge in [-0.15, -0.1) is 0 Å². The first-order valence-electron chi connectivity index (χ1n) is 6.82. The van der Waals surface area contributed by atoms with Crippen LogP contribution >= 0.6 is 0 Å². The van der Waals surface area contributed by atoms with E-state index in [0.29, 0.717) is 24.7 Å². The Morgan fingerprint density at radius 1 is 1.42 bits per heavy atom. The Kier molecular flexibility index (Phi) is 3.89. The predicted octanol–water partition coefficient (Wildman–Crippen LogP) is 2.37. The van der Waals surface area contributed by atoms with E-state index in [0.717, 1.165) is 30.0 Å². The second kappa shape index (κ2) is 5.43. The van der Waals surface area contributed by atoms with E-state index in [2.05, 4.69) is 29.8 Å². The van der Waals surface area contributed by atoms with Crippen molar-refractivity contribution in [3.8, 4) is 6.07 Å². The zero-order valence-electron chi connectivity index (χ0n) is 11.8. The van der Waals surface area contributed by atoms with Crippen LogP contribution in [0.3, 0.4) is 0 Å². The minimum absolute atomic E-state index is 0.286. The van der Waals surface area contributed by atoms with Crippen LogP contribution in [0, 0.1) is 18.3 Å². The van der Waals surface area contributed by atoms with Crippen molar-refractivity contribution in [2.24, 2.45) is 0 Å². The lowest BCUT2D eigenvalue weighted by Crippen LogP contribution is -2.33. The molecule has 1 aliphatic rings.